The number of aromatic nitrogens is 3. The van der Waals surface area contributed by atoms with E-state index in [1.165, 1.54) is 26.5 Å². The van der Waals surface area contributed by atoms with Crippen LogP contribution < -0.4 is 4.57 Å². The van der Waals surface area contributed by atoms with Crippen LogP contribution in [0.5, 0.6) is 0 Å². The largest absolute Gasteiger partial charge is 0.414 e. The van der Waals surface area contributed by atoms with Crippen LogP contribution in [0.25, 0.3) is 22.0 Å². The number of halogens is 1. The van der Waals surface area contributed by atoms with E-state index in [0.29, 0.717) is 27.8 Å². The molecule has 2 aromatic carbocycles. The third kappa shape index (κ3) is 5.35. The molecule has 6 rings (SSSR count). The second kappa shape index (κ2) is 11.6. The fourth-order valence-corrected chi connectivity index (χ4v) is 6.64. The fourth-order valence-electron chi connectivity index (χ4n) is 5.33. The SMILES string of the molecule is CN(C)C(=O)OC[n+]1cccc([C@H]2SCc3c(C(=O)c4cn(C(=O)N(C)C)c5cc(-c6ccc(F)cc6)ccc45)ccn32)c1. The fraction of sp³-hybridized carbons (Fsp3) is 0.212. The summed E-state index contributed by atoms with van der Waals surface area (Å²) >= 11 is 1.70. The third-order valence-electron chi connectivity index (χ3n) is 7.58. The number of amides is 2. The van der Waals surface area contributed by atoms with Crippen LogP contribution in [0.4, 0.5) is 14.0 Å². The standard InChI is InChI=1S/C33H31FN5O4S/c1-35(2)32(41)39-18-27(25-12-9-22(16-28(25)39)21-7-10-24(34)11-8-21)30(40)26-13-15-38-29(26)19-44-31(38)23-6-5-14-37(17-23)20-43-33(42)36(3)4/h5-18,31H,19-20H2,1-4H3/q+1/t31-/m1/s1. The number of hydrogen-bond donors (Lipinski definition) is 0. The van der Waals surface area contributed by atoms with Gasteiger partial charge in [0, 0.05) is 80.2 Å². The summed E-state index contributed by atoms with van der Waals surface area (Å²) in [7, 11) is 6.59. The van der Waals surface area contributed by atoms with Crippen molar-refractivity contribution in [3.8, 4) is 11.1 Å². The van der Waals surface area contributed by atoms with Gasteiger partial charge < -0.3 is 19.1 Å². The normalized spacial score (nSPS) is 14.0. The molecule has 0 saturated carbocycles. The quantitative estimate of drug-likeness (QED) is 0.180. The molecule has 2 amide bonds. The molecule has 224 valence electrons. The highest BCUT2D eigenvalue weighted by atomic mass is 32.2. The van der Waals surface area contributed by atoms with Crippen LogP contribution >= 0.6 is 11.8 Å². The molecule has 9 nitrogen and oxygen atoms in total. The number of fused-ring (bicyclic) bond motifs is 2. The van der Waals surface area contributed by atoms with E-state index in [2.05, 4.69) is 4.57 Å². The molecule has 3 aromatic heterocycles. The van der Waals surface area contributed by atoms with E-state index >= 15 is 0 Å². The lowest BCUT2D eigenvalue weighted by molar-refractivity contribution is -0.727. The molecule has 44 heavy (non-hydrogen) atoms. The van der Waals surface area contributed by atoms with E-state index in [9.17, 15) is 18.8 Å². The number of ether oxygens (including phenoxy) is 1. The second-order valence-corrected chi connectivity index (χ2v) is 12.1. The van der Waals surface area contributed by atoms with Gasteiger partial charge in [0.1, 0.15) is 11.2 Å². The Morgan fingerprint density at radius 2 is 1.73 bits per heavy atom. The van der Waals surface area contributed by atoms with Gasteiger partial charge in [-0.25, -0.2) is 14.0 Å². The van der Waals surface area contributed by atoms with Gasteiger partial charge in [0.2, 0.25) is 0 Å². The van der Waals surface area contributed by atoms with Crippen molar-refractivity contribution in [3.05, 3.63) is 114 Å². The average molecular weight is 613 g/mol. The molecule has 1 atom stereocenters. The molecule has 1 aliphatic heterocycles. The lowest BCUT2D eigenvalue weighted by Crippen LogP contribution is -2.38. The molecule has 0 aliphatic carbocycles. The van der Waals surface area contributed by atoms with Crippen molar-refractivity contribution in [2.24, 2.45) is 0 Å². The Balaban J connectivity index is 1.33. The molecule has 0 saturated heterocycles. The highest BCUT2D eigenvalue weighted by molar-refractivity contribution is 7.99. The van der Waals surface area contributed by atoms with Gasteiger partial charge in [-0.05, 0) is 41.5 Å². The van der Waals surface area contributed by atoms with Gasteiger partial charge in [-0.1, -0.05) is 24.3 Å². The van der Waals surface area contributed by atoms with Crippen molar-refractivity contribution in [2.45, 2.75) is 17.9 Å². The minimum Gasteiger partial charge on any atom is -0.388 e. The summed E-state index contributed by atoms with van der Waals surface area (Å²) in [5.74, 6) is 0.141. The zero-order chi connectivity index (χ0) is 31.1. The topological polar surface area (TPSA) is 80.7 Å². The zero-order valence-electron chi connectivity index (χ0n) is 24.7. The first-order chi connectivity index (χ1) is 21.1. The number of hydrogen-bond acceptors (Lipinski definition) is 5. The highest BCUT2D eigenvalue weighted by Crippen LogP contribution is 2.42. The Labute approximate surface area is 258 Å². The molecule has 0 bridgehead atoms. The van der Waals surface area contributed by atoms with Gasteiger partial charge in [0.15, 0.2) is 18.2 Å². The maximum atomic E-state index is 14.1. The van der Waals surface area contributed by atoms with E-state index in [0.717, 1.165) is 22.4 Å². The van der Waals surface area contributed by atoms with Crippen molar-refractivity contribution >= 4 is 40.6 Å². The number of rotatable bonds is 6. The van der Waals surface area contributed by atoms with E-state index < -0.39 is 6.09 Å². The molecule has 0 fully saturated rings. The summed E-state index contributed by atoms with van der Waals surface area (Å²) < 4.78 is 24.3. The van der Waals surface area contributed by atoms with Crippen LogP contribution in [0, 0.1) is 5.82 Å². The lowest BCUT2D eigenvalue weighted by atomic mass is 10.00. The predicted molar refractivity (Wildman–Crippen MR) is 166 cm³/mol. The maximum Gasteiger partial charge on any atom is 0.414 e. The summed E-state index contributed by atoms with van der Waals surface area (Å²) in [5, 5.41) is 0.605. The molecule has 1 aliphatic rings. The van der Waals surface area contributed by atoms with Crippen molar-refractivity contribution in [2.75, 3.05) is 28.2 Å². The Hall–Kier alpha value is -4.90. The minimum absolute atomic E-state index is 0.0570. The van der Waals surface area contributed by atoms with E-state index in [1.54, 1.807) is 58.3 Å². The first kappa shape index (κ1) is 29.2. The molecule has 11 heteroatoms. The zero-order valence-corrected chi connectivity index (χ0v) is 25.5. The Morgan fingerprint density at radius 1 is 0.977 bits per heavy atom. The number of carbonyl (C=O) groups is 3. The Kier molecular flexibility index (Phi) is 7.73. The molecular formula is C33H31FN5O4S+. The third-order valence-corrected chi connectivity index (χ3v) is 8.84. The van der Waals surface area contributed by atoms with Gasteiger partial charge in [-0.3, -0.25) is 9.36 Å². The van der Waals surface area contributed by atoms with Crippen LogP contribution in [0.2, 0.25) is 0 Å². The lowest BCUT2D eigenvalue weighted by Gasteiger charge is -2.12. The van der Waals surface area contributed by atoms with E-state index in [4.69, 9.17) is 4.74 Å². The summed E-state index contributed by atoms with van der Waals surface area (Å²) in [6.45, 7) is 0.0864. The van der Waals surface area contributed by atoms with Gasteiger partial charge in [0.05, 0.1) is 5.52 Å². The maximum absolute atomic E-state index is 14.1. The summed E-state index contributed by atoms with van der Waals surface area (Å²) in [6.07, 6.45) is 6.89. The number of carbonyl (C=O) groups excluding carboxylic acids is 3. The van der Waals surface area contributed by atoms with Crippen molar-refractivity contribution < 1.29 is 28.1 Å². The van der Waals surface area contributed by atoms with Gasteiger partial charge in [0.25, 0.3) is 6.73 Å². The number of benzene rings is 2. The molecule has 0 unspecified atom stereocenters. The number of nitrogens with zero attached hydrogens (tertiary/aromatic N) is 5. The van der Waals surface area contributed by atoms with Crippen molar-refractivity contribution in [1.82, 2.24) is 18.9 Å². The van der Waals surface area contributed by atoms with Gasteiger partial charge >= 0.3 is 12.1 Å². The first-order valence-corrected chi connectivity index (χ1v) is 15.0. The molecule has 5 aromatic rings. The summed E-state index contributed by atoms with van der Waals surface area (Å²) in [4.78, 5) is 42.0. The number of thioether (sulfide) groups is 1. The molecule has 4 heterocycles. The van der Waals surface area contributed by atoms with Gasteiger partial charge in [-0.2, -0.15) is 4.57 Å². The van der Waals surface area contributed by atoms with Gasteiger partial charge in [-0.15, -0.1) is 11.8 Å². The van der Waals surface area contributed by atoms with E-state index in [1.807, 2.05) is 59.6 Å². The van der Waals surface area contributed by atoms with Crippen LogP contribution in [-0.4, -0.2) is 65.0 Å². The number of pyridine rings is 1. The average Bonchev–Trinajstić information content (AvgIpc) is 3.73. The van der Waals surface area contributed by atoms with E-state index in [-0.39, 0.29) is 29.7 Å². The smallest absolute Gasteiger partial charge is 0.388 e. The Bertz CT molecular complexity index is 1910. The minimum atomic E-state index is -0.422. The molecule has 0 radical (unpaired) electrons. The van der Waals surface area contributed by atoms with Crippen LogP contribution in [-0.2, 0) is 17.2 Å². The predicted octanol–water partition coefficient (Wildman–Crippen LogP) is 5.75. The second-order valence-electron chi connectivity index (χ2n) is 11.0. The Morgan fingerprint density at radius 3 is 2.45 bits per heavy atom. The first-order valence-electron chi connectivity index (χ1n) is 13.9. The van der Waals surface area contributed by atoms with Crippen LogP contribution in [0.15, 0.2) is 85.5 Å². The van der Waals surface area contributed by atoms with Crippen LogP contribution in [0.1, 0.15) is 32.6 Å². The molecule has 0 N–H and O–H groups in total. The summed E-state index contributed by atoms with van der Waals surface area (Å²) in [5.41, 5.74) is 5.14. The van der Waals surface area contributed by atoms with Crippen molar-refractivity contribution in [3.63, 3.8) is 0 Å². The molecule has 0 spiro atoms. The number of ketones is 1. The highest BCUT2D eigenvalue weighted by Gasteiger charge is 2.31. The summed E-state index contributed by atoms with van der Waals surface area (Å²) in [6, 6.07) is 17.2. The monoisotopic (exact) mass is 612 g/mol. The van der Waals surface area contributed by atoms with Crippen LogP contribution in [0.3, 0.4) is 0 Å². The van der Waals surface area contributed by atoms with Crippen molar-refractivity contribution in [1.29, 1.82) is 0 Å². The molecular weight excluding hydrogens is 581 g/mol.